The van der Waals surface area contributed by atoms with Crippen molar-refractivity contribution in [3.05, 3.63) is 40.1 Å². The second-order valence-electron chi connectivity index (χ2n) is 7.80. The number of nitrogens with two attached hydrogens (primary N) is 1. The van der Waals surface area contributed by atoms with E-state index in [1.807, 2.05) is 6.07 Å². The Morgan fingerprint density at radius 3 is 2.95 bits per heavy atom. The largest absolute Gasteiger partial charge is 0.477 e. The summed E-state index contributed by atoms with van der Waals surface area (Å²) in [6.45, 7) is -1.18. The average molecular weight is 564 g/mol. The molecule has 2 aliphatic rings. The number of carboxylic acid groups (broad SMARTS) is 1. The number of nitrogens with zero attached hydrogens (tertiary/aromatic N) is 5. The number of rotatable bonds is 9. The van der Waals surface area contributed by atoms with Crippen molar-refractivity contribution in [3.8, 4) is 0 Å². The standard InChI is InChI=1S/C21H18FN7O5S3/c22-4-6-34-28-14(10-8-35-20(23)25-10)17(30)27-15-11-1-2-13(16(19(32)33)29(11)18(15)31)37-21-26-9-7-24-5-3-12(9)36-21/h3,5,7-8,11,15H,1-2,4,6H2,(H2,23,25)(H,27,30)(H,32,33)/b28-14+/t11-,15+/m1/s1. The van der Waals surface area contributed by atoms with E-state index < -0.39 is 36.5 Å². The number of anilines is 1. The summed E-state index contributed by atoms with van der Waals surface area (Å²) in [6, 6.07) is 0.302. The van der Waals surface area contributed by atoms with E-state index in [4.69, 9.17) is 10.6 Å². The number of aromatic nitrogens is 3. The van der Waals surface area contributed by atoms with Gasteiger partial charge in [0.15, 0.2) is 15.2 Å². The van der Waals surface area contributed by atoms with Crippen LogP contribution in [0.25, 0.3) is 10.2 Å². The van der Waals surface area contributed by atoms with Crippen LogP contribution in [0.15, 0.2) is 43.9 Å². The fourth-order valence-electron chi connectivity index (χ4n) is 3.99. The minimum Gasteiger partial charge on any atom is -0.477 e. The zero-order valence-electron chi connectivity index (χ0n) is 18.8. The zero-order valence-corrected chi connectivity index (χ0v) is 21.2. The van der Waals surface area contributed by atoms with E-state index in [9.17, 15) is 23.9 Å². The van der Waals surface area contributed by atoms with Gasteiger partial charge in [-0.2, -0.15) is 0 Å². The molecule has 5 rings (SSSR count). The van der Waals surface area contributed by atoms with Gasteiger partial charge in [0.1, 0.15) is 36.2 Å². The van der Waals surface area contributed by atoms with Crippen LogP contribution in [0, 0.1) is 0 Å². The average Bonchev–Trinajstić information content (AvgIpc) is 3.50. The van der Waals surface area contributed by atoms with E-state index in [1.165, 1.54) is 33.4 Å². The lowest BCUT2D eigenvalue weighted by Crippen LogP contribution is -2.72. The molecular formula is C21H18FN7O5S3. The number of nitrogens with one attached hydrogen (secondary N) is 1. The second kappa shape index (κ2) is 10.4. The highest BCUT2D eigenvalue weighted by atomic mass is 32.2. The molecule has 1 saturated heterocycles. The molecule has 1 fully saturated rings. The number of carbonyl (C=O) groups excluding carboxylic acids is 2. The van der Waals surface area contributed by atoms with Crippen LogP contribution in [0.3, 0.4) is 0 Å². The van der Waals surface area contributed by atoms with Crippen LogP contribution in [0.2, 0.25) is 0 Å². The van der Waals surface area contributed by atoms with E-state index in [-0.39, 0.29) is 28.8 Å². The summed E-state index contributed by atoms with van der Waals surface area (Å²) >= 11 is 3.69. The van der Waals surface area contributed by atoms with Crippen LogP contribution < -0.4 is 11.1 Å². The third-order valence-corrected chi connectivity index (χ3v) is 8.48. The highest BCUT2D eigenvalue weighted by Gasteiger charge is 2.54. The fraction of sp³-hybridized carbons (Fsp3) is 0.286. The number of hydrogen-bond acceptors (Lipinski definition) is 12. The lowest BCUT2D eigenvalue weighted by molar-refractivity contribution is -0.155. The van der Waals surface area contributed by atoms with Gasteiger partial charge >= 0.3 is 5.97 Å². The molecule has 0 saturated carbocycles. The summed E-state index contributed by atoms with van der Waals surface area (Å²) < 4.78 is 14.0. The van der Waals surface area contributed by atoms with Gasteiger partial charge in [-0.05, 0) is 18.9 Å². The minimum atomic E-state index is -1.24. The van der Waals surface area contributed by atoms with Crippen LogP contribution >= 0.6 is 34.4 Å². The fourth-order valence-corrected chi connectivity index (χ4v) is 6.80. The van der Waals surface area contributed by atoms with Crippen LogP contribution in [0.5, 0.6) is 0 Å². The van der Waals surface area contributed by atoms with Crippen LogP contribution in [-0.2, 0) is 19.2 Å². The van der Waals surface area contributed by atoms with Crippen molar-refractivity contribution in [2.24, 2.45) is 5.16 Å². The number of thioether (sulfide) groups is 1. The highest BCUT2D eigenvalue weighted by Crippen LogP contribution is 2.44. The van der Waals surface area contributed by atoms with Crippen LogP contribution in [0.1, 0.15) is 18.5 Å². The Labute approximate surface area is 220 Å². The smallest absolute Gasteiger partial charge is 0.353 e. The molecule has 192 valence electrons. The number of halogens is 1. The predicted octanol–water partition coefficient (Wildman–Crippen LogP) is 2.00. The third kappa shape index (κ3) is 4.86. The normalized spacial score (nSPS) is 19.5. The van der Waals surface area contributed by atoms with Crippen molar-refractivity contribution < 1.29 is 28.7 Å². The first kappa shape index (κ1) is 25.0. The maximum atomic E-state index is 13.0. The van der Waals surface area contributed by atoms with Crippen molar-refractivity contribution in [1.82, 2.24) is 25.2 Å². The number of hydrogen-bond donors (Lipinski definition) is 3. The van der Waals surface area contributed by atoms with Gasteiger partial charge in [-0.25, -0.2) is 19.2 Å². The number of thiazole rings is 2. The number of nitrogen functional groups attached to an aromatic ring is 1. The first-order valence-corrected chi connectivity index (χ1v) is 13.3. The predicted molar refractivity (Wildman–Crippen MR) is 135 cm³/mol. The van der Waals surface area contributed by atoms with Gasteiger partial charge in [0.2, 0.25) is 0 Å². The number of carboxylic acids is 1. The molecule has 12 nitrogen and oxygen atoms in total. The van der Waals surface area contributed by atoms with Crippen LogP contribution in [0.4, 0.5) is 9.52 Å². The van der Waals surface area contributed by atoms with Gasteiger partial charge in [-0.15, -0.1) is 22.7 Å². The molecule has 3 aromatic rings. The molecule has 0 radical (unpaired) electrons. The van der Waals surface area contributed by atoms with Crippen LogP contribution in [-0.4, -0.2) is 73.8 Å². The van der Waals surface area contributed by atoms with Crippen molar-refractivity contribution in [2.45, 2.75) is 29.3 Å². The van der Waals surface area contributed by atoms with Crippen molar-refractivity contribution in [3.63, 3.8) is 0 Å². The summed E-state index contributed by atoms with van der Waals surface area (Å²) in [6.07, 6.45) is 4.09. The van der Waals surface area contributed by atoms with E-state index >= 15 is 0 Å². The number of allylic oxidation sites excluding steroid dienone is 1. The summed E-state index contributed by atoms with van der Waals surface area (Å²) in [5.41, 5.74) is 6.07. The second-order valence-corrected chi connectivity index (χ2v) is 11.1. The molecule has 16 heteroatoms. The Balaban J connectivity index is 1.34. The number of aliphatic carboxylic acids is 1. The van der Waals surface area contributed by atoms with Gasteiger partial charge in [0.25, 0.3) is 11.8 Å². The SMILES string of the molecule is Nc1nc(/C(=N\OCCF)C(=O)N[C@@H]2C(=O)N3C(C(=O)O)=C(Sc4nc5cnccc5s4)CC[C@H]23)cs1. The Kier molecular flexibility index (Phi) is 7.03. The number of pyridine rings is 1. The van der Waals surface area contributed by atoms with E-state index in [2.05, 4.69) is 25.4 Å². The number of amides is 2. The number of alkyl halides is 1. The zero-order chi connectivity index (χ0) is 26.1. The number of carbonyl (C=O) groups is 3. The lowest BCUT2D eigenvalue weighted by atomic mass is 9.86. The highest BCUT2D eigenvalue weighted by molar-refractivity contribution is 8.04. The van der Waals surface area contributed by atoms with E-state index in [0.29, 0.717) is 27.6 Å². The first-order valence-electron chi connectivity index (χ1n) is 10.8. The van der Waals surface area contributed by atoms with Gasteiger partial charge in [0.05, 0.1) is 16.9 Å². The van der Waals surface area contributed by atoms with E-state index in [1.54, 1.807) is 12.4 Å². The number of oxime groups is 1. The van der Waals surface area contributed by atoms with Gasteiger partial charge < -0.3 is 21.0 Å². The first-order chi connectivity index (χ1) is 17.9. The summed E-state index contributed by atoms with van der Waals surface area (Å²) in [5, 5.41) is 17.9. The Morgan fingerprint density at radius 1 is 1.41 bits per heavy atom. The topological polar surface area (TPSA) is 173 Å². The summed E-state index contributed by atoms with van der Waals surface area (Å²) in [4.78, 5) is 57.2. The molecule has 0 aliphatic carbocycles. The molecule has 3 aromatic heterocycles. The third-order valence-electron chi connectivity index (χ3n) is 5.57. The van der Waals surface area contributed by atoms with Gasteiger partial charge in [-0.3, -0.25) is 19.5 Å². The Bertz CT molecular complexity index is 1420. The maximum Gasteiger partial charge on any atom is 0.353 e. The number of β-lactam (4-membered cyclic amide) rings is 1. The summed E-state index contributed by atoms with van der Waals surface area (Å²) in [5.74, 6) is -2.58. The van der Waals surface area contributed by atoms with Crippen molar-refractivity contribution >= 4 is 73.3 Å². The van der Waals surface area contributed by atoms with E-state index in [0.717, 1.165) is 16.0 Å². The maximum absolute atomic E-state index is 13.0. The monoisotopic (exact) mass is 563 g/mol. The molecule has 5 heterocycles. The lowest BCUT2D eigenvalue weighted by Gasteiger charge is -2.49. The molecule has 37 heavy (non-hydrogen) atoms. The Morgan fingerprint density at radius 2 is 2.24 bits per heavy atom. The molecule has 0 spiro atoms. The van der Waals surface area contributed by atoms with Gasteiger partial charge in [0, 0.05) is 16.5 Å². The van der Waals surface area contributed by atoms with Crippen molar-refractivity contribution in [1.29, 1.82) is 0 Å². The summed E-state index contributed by atoms with van der Waals surface area (Å²) in [7, 11) is 0. The van der Waals surface area contributed by atoms with Gasteiger partial charge in [-0.1, -0.05) is 16.9 Å². The molecule has 0 unspecified atom stereocenters. The quantitative estimate of drug-likeness (QED) is 0.151. The Hall–Kier alpha value is -3.63. The molecule has 2 atom stereocenters. The molecule has 0 bridgehead atoms. The number of fused-ring (bicyclic) bond motifs is 2. The van der Waals surface area contributed by atoms with Crippen molar-refractivity contribution in [2.75, 3.05) is 19.0 Å². The molecule has 2 aliphatic heterocycles. The molecule has 4 N–H and O–H groups in total. The molecular weight excluding hydrogens is 545 g/mol. The minimum absolute atomic E-state index is 0.113. The molecule has 2 amide bonds. The molecule has 0 aromatic carbocycles.